The van der Waals surface area contributed by atoms with Crippen molar-refractivity contribution in [3.05, 3.63) is 30.6 Å². The molecule has 134 valence electrons. The summed E-state index contributed by atoms with van der Waals surface area (Å²) in [5.74, 6) is -0.0763. The highest BCUT2D eigenvalue weighted by molar-refractivity contribution is 5.92. The van der Waals surface area contributed by atoms with Crippen molar-refractivity contribution in [1.29, 1.82) is 0 Å². The van der Waals surface area contributed by atoms with Gasteiger partial charge < -0.3 is 9.47 Å². The Kier molecular flexibility index (Phi) is 4.69. The fourth-order valence-corrected chi connectivity index (χ4v) is 2.94. The minimum absolute atomic E-state index is 0.0514. The number of rotatable bonds is 5. The zero-order valence-corrected chi connectivity index (χ0v) is 14.9. The van der Waals surface area contributed by atoms with E-state index in [-0.39, 0.29) is 24.3 Å². The van der Waals surface area contributed by atoms with Crippen molar-refractivity contribution >= 4 is 11.7 Å². The predicted molar refractivity (Wildman–Crippen MR) is 90.8 cm³/mol. The van der Waals surface area contributed by atoms with Gasteiger partial charge in [-0.15, -0.1) is 5.10 Å². The van der Waals surface area contributed by atoms with Crippen molar-refractivity contribution in [1.82, 2.24) is 29.4 Å². The number of likely N-dealkylation sites (tertiary alicyclic amines) is 1. The van der Waals surface area contributed by atoms with Crippen molar-refractivity contribution in [2.24, 2.45) is 5.41 Å². The van der Waals surface area contributed by atoms with Gasteiger partial charge in [0.05, 0.1) is 18.6 Å². The number of amides is 1. The van der Waals surface area contributed by atoms with E-state index in [2.05, 4.69) is 15.3 Å². The molecule has 2 aromatic rings. The Morgan fingerprint density at radius 3 is 2.80 bits per heavy atom. The third kappa shape index (κ3) is 3.94. The molecule has 3 heterocycles. The van der Waals surface area contributed by atoms with Crippen LogP contribution in [0.15, 0.2) is 24.9 Å². The third-order valence-corrected chi connectivity index (χ3v) is 4.52. The first-order valence-corrected chi connectivity index (χ1v) is 8.55. The van der Waals surface area contributed by atoms with Gasteiger partial charge in [-0.25, -0.2) is 9.67 Å². The number of hydrogen-bond acceptors (Lipinski definition) is 5. The van der Waals surface area contributed by atoms with Crippen LogP contribution in [-0.4, -0.2) is 53.7 Å². The Bertz CT molecular complexity index is 744. The zero-order valence-electron chi connectivity index (χ0n) is 14.9. The molecule has 25 heavy (non-hydrogen) atoms. The summed E-state index contributed by atoms with van der Waals surface area (Å²) in [6, 6.07) is 0.128. The summed E-state index contributed by atoms with van der Waals surface area (Å²) in [6.07, 6.45) is 8.89. The van der Waals surface area contributed by atoms with Gasteiger partial charge in [0, 0.05) is 30.9 Å². The molecule has 1 amide bonds. The second-order valence-corrected chi connectivity index (χ2v) is 7.53. The van der Waals surface area contributed by atoms with Gasteiger partial charge in [0.15, 0.2) is 11.5 Å². The average Bonchev–Trinajstić information content (AvgIpc) is 3.27. The average molecular weight is 344 g/mol. The zero-order chi connectivity index (χ0) is 18.0. The maximum absolute atomic E-state index is 12.8. The normalized spacial score (nSPS) is 17.9. The summed E-state index contributed by atoms with van der Waals surface area (Å²) in [5.41, 5.74) is -0.153. The van der Waals surface area contributed by atoms with Gasteiger partial charge in [0.2, 0.25) is 0 Å². The van der Waals surface area contributed by atoms with E-state index in [4.69, 9.17) is 0 Å². The summed E-state index contributed by atoms with van der Waals surface area (Å²) in [6.45, 7) is 7.16. The van der Waals surface area contributed by atoms with E-state index in [1.165, 1.54) is 4.68 Å². The number of nitrogens with zero attached hydrogens (tertiary/aromatic N) is 6. The van der Waals surface area contributed by atoms with E-state index >= 15 is 0 Å². The Labute approximate surface area is 146 Å². The van der Waals surface area contributed by atoms with E-state index < -0.39 is 5.41 Å². The number of Topliss-reactive ketones (excluding diaryl/α,β-unsaturated/α-hetero) is 1. The molecule has 2 aromatic heterocycles. The number of carbonyl (C=O) groups excluding carboxylic acids is 2. The van der Waals surface area contributed by atoms with Gasteiger partial charge >= 0.3 is 0 Å². The standard InChI is InChI=1S/C17H24N6O2/c1-17(2,3)15(24)11-22-10-14(19-20-22)16(25)23-7-4-5-13(23)9-21-8-6-18-12-21/h6,8,10,12-13H,4-5,7,9,11H2,1-3H3. The summed E-state index contributed by atoms with van der Waals surface area (Å²) >= 11 is 0. The minimum atomic E-state index is -0.443. The fraction of sp³-hybridized carbons (Fsp3) is 0.588. The highest BCUT2D eigenvalue weighted by atomic mass is 16.2. The SMILES string of the molecule is CC(C)(C)C(=O)Cn1cc(C(=O)N2CCCC2Cn2ccnc2)nn1. The lowest BCUT2D eigenvalue weighted by molar-refractivity contribution is -0.127. The molecule has 0 aromatic carbocycles. The smallest absolute Gasteiger partial charge is 0.276 e. The van der Waals surface area contributed by atoms with E-state index in [0.29, 0.717) is 12.2 Å². The van der Waals surface area contributed by atoms with Crippen LogP contribution in [0.5, 0.6) is 0 Å². The fourth-order valence-electron chi connectivity index (χ4n) is 2.94. The maximum atomic E-state index is 12.8. The van der Waals surface area contributed by atoms with E-state index in [0.717, 1.165) is 19.4 Å². The second kappa shape index (κ2) is 6.78. The number of carbonyl (C=O) groups is 2. The Morgan fingerprint density at radius 1 is 1.32 bits per heavy atom. The van der Waals surface area contributed by atoms with Crippen LogP contribution in [0.1, 0.15) is 44.1 Å². The van der Waals surface area contributed by atoms with Gasteiger partial charge in [-0.2, -0.15) is 0 Å². The summed E-state index contributed by atoms with van der Waals surface area (Å²) < 4.78 is 3.43. The number of imidazole rings is 1. The molecule has 0 spiro atoms. The number of hydrogen-bond donors (Lipinski definition) is 0. The lowest BCUT2D eigenvalue weighted by Crippen LogP contribution is -2.38. The number of ketones is 1. The van der Waals surface area contributed by atoms with Crippen molar-refractivity contribution in [3.8, 4) is 0 Å². The van der Waals surface area contributed by atoms with Gasteiger partial charge in [0.25, 0.3) is 5.91 Å². The molecule has 0 saturated carbocycles. The van der Waals surface area contributed by atoms with Crippen LogP contribution in [0.2, 0.25) is 0 Å². The minimum Gasteiger partial charge on any atom is -0.335 e. The van der Waals surface area contributed by atoms with Crippen LogP contribution < -0.4 is 0 Å². The van der Waals surface area contributed by atoms with E-state index in [9.17, 15) is 9.59 Å². The Hall–Kier alpha value is -2.51. The van der Waals surface area contributed by atoms with Crippen molar-refractivity contribution in [2.75, 3.05) is 6.54 Å². The quantitative estimate of drug-likeness (QED) is 0.818. The molecule has 3 rings (SSSR count). The topological polar surface area (TPSA) is 85.9 Å². The molecule has 0 aliphatic carbocycles. The summed E-state index contributed by atoms with van der Waals surface area (Å²) in [7, 11) is 0. The van der Waals surface area contributed by atoms with Crippen LogP contribution in [0.3, 0.4) is 0 Å². The molecule has 0 radical (unpaired) electrons. The lowest BCUT2D eigenvalue weighted by Gasteiger charge is -2.24. The third-order valence-electron chi connectivity index (χ3n) is 4.52. The highest BCUT2D eigenvalue weighted by Gasteiger charge is 2.31. The van der Waals surface area contributed by atoms with Crippen LogP contribution >= 0.6 is 0 Å². The summed E-state index contributed by atoms with van der Waals surface area (Å²) in [5, 5.41) is 7.92. The Morgan fingerprint density at radius 2 is 2.12 bits per heavy atom. The molecule has 8 nitrogen and oxygen atoms in total. The van der Waals surface area contributed by atoms with E-state index in [1.54, 1.807) is 18.7 Å². The molecule has 1 atom stereocenters. The van der Waals surface area contributed by atoms with Crippen LogP contribution in [-0.2, 0) is 17.9 Å². The van der Waals surface area contributed by atoms with Gasteiger partial charge in [0.1, 0.15) is 6.54 Å². The Balaban J connectivity index is 1.67. The lowest BCUT2D eigenvalue weighted by atomic mass is 9.91. The van der Waals surface area contributed by atoms with Crippen LogP contribution in [0, 0.1) is 5.41 Å². The first kappa shape index (κ1) is 17.3. The second-order valence-electron chi connectivity index (χ2n) is 7.53. The first-order chi connectivity index (χ1) is 11.8. The first-order valence-electron chi connectivity index (χ1n) is 8.55. The van der Waals surface area contributed by atoms with Gasteiger partial charge in [-0.3, -0.25) is 9.59 Å². The number of aromatic nitrogens is 5. The molecular formula is C17H24N6O2. The largest absolute Gasteiger partial charge is 0.335 e. The van der Waals surface area contributed by atoms with Gasteiger partial charge in [-0.05, 0) is 12.8 Å². The van der Waals surface area contributed by atoms with Crippen molar-refractivity contribution < 1.29 is 9.59 Å². The highest BCUT2D eigenvalue weighted by Crippen LogP contribution is 2.21. The molecule has 1 unspecified atom stereocenters. The molecule has 1 aliphatic heterocycles. The molecule has 0 N–H and O–H groups in total. The van der Waals surface area contributed by atoms with Crippen molar-refractivity contribution in [2.45, 2.75) is 52.7 Å². The maximum Gasteiger partial charge on any atom is 0.276 e. The summed E-state index contributed by atoms with van der Waals surface area (Å²) in [4.78, 5) is 30.8. The van der Waals surface area contributed by atoms with E-state index in [1.807, 2.05) is 36.4 Å². The predicted octanol–water partition coefficient (Wildman–Crippen LogP) is 1.39. The van der Waals surface area contributed by atoms with Crippen LogP contribution in [0.25, 0.3) is 0 Å². The molecule has 1 saturated heterocycles. The van der Waals surface area contributed by atoms with Crippen LogP contribution in [0.4, 0.5) is 0 Å². The monoisotopic (exact) mass is 344 g/mol. The molecule has 0 bridgehead atoms. The van der Waals surface area contributed by atoms with Crippen molar-refractivity contribution in [3.63, 3.8) is 0 Å². The molecule has 1 fully saturated rings. The van der Waals surface area contributed by atoms with Gasteiger partial charge in [-0.1, -0.05) is 26.0 Å². The molecule has 8 heteroatoms. The molecule has 1 aliphatic rings. The molecular weight excluding hydrogens is 320 g/mol.